The van der Waals surface area contributed by atoms with Crippen LogP contribution in [0.15, 0.2) is 6.20 Å². The topological polar surface area (TPSA) is 105 Å². The standard InChI is InChI=1S/C9H11N3O4S/c13-8(14)3-6(5-1-2-5)11-9-10-4-7(17-9)12(15)16/h4-6H,1-3H2,(H,10,11)(H,13,14). The fraction of sp³-hybridized carbons (Fsp3) is 0.556. The predicted molar refractivity (Wildman–Crippen MR) is 61.2 cm³/mol. The van der Waals surface area contributed by atoms with Gasteiger partial charge >= 0.3 is 11.0 Å². The molecule has 1 heterocycles. The van der Waals surface area contributed by atoms with Crippen molar-refractivity contribution in [2.75, 3.05) is 5.32 Å². The molecule has 1 fully saturated rings. The Morgan fingerprint density at radius 3 is 2.94 bits per heavy atom. The second-order valence-electron chi connectivity index (χ2n) is 3.95. The Morgan fingerprint density at radius 2 is 2.47 bits per heavy atom. The summed E-state index contributed by atoms with van der Waals surface area (Å²) in [4.78, 5) is 24.5. The molecule has 0 amide bonds. The number of thiazole rings is 1. The Hall–Kier alpha value is -1.70. The van der Waals surface area contributed by atoms with E-state index in [0.29, 0.717) is 11.0 Å². The molecule has 1 aliphatic rings. The predicted octanol–water partition coefficient (Wildman–Crippen LogP) is 1.72. The lowest BCUT2D eigenvalue weighted by Gasteiger charge is -2.14. The van der Waals surface area contributed by atoms with Crippen LogP contribution in [-0.2, 0) is 4.79 Å². The molecule has 0 aliphatic heterocycles. The molecule has 1 aromatic heterocycles. The lowest BCUT2D eigenvalue weighted by Crippen LogP contribution is -2.25. The van der Waals surface area contributed by atoms with Crippen molar-refractivity contribution < 1.29 is 14.8 Å². The first-order valence-electron chi connectivity index (χ1n) is 5.15. The zero-order valence-electron chi connectivity index (χ0n) is 8.83. The van der Waals surface area contributed by atoms with Crippen molar-refractivity contribution in [1.82, 2.24) is 4.98 Å². The van der Waals surface area contributed by atoms with Crippen LogP contribution in [0, 0.1) is 16.0 Å². The third-order valence-corrected chi connectivity index (χ3v) is 3.45. The number of hydrogen-bond acceptors (Lipinski definition) is 6. The molecule has 1 aliphatic carbocycles. The molecule has 92 valence electrons. The summed E-state index contributed by atoms with van der Waals surface area (Å²) in [7, 11) is 0. The Morgan fingerprint density at radius 1 is 1.76 bits per heavy atom. The summed E-state index contributed by atoms with van der Waals surface area (Å²) in [6.45, 7) is 0. The van der Waals surface area contributed by atoms with Gasteiger partial charge in [-0.2, -0.15) is 0 Å². The molecule has 1 aromatic rings. The Labute approximate surface area is 101 Å². The first-order valence-corrected chi connectivity index (χ1v) is 5.96. The first-order chi connectivity index (χ1) is 8.06. The molecule has 8 heteroatoms. The monoisotopic (exact) mass is 257 g/mol. The SMILES string of the molecule is O=C(O)CC(Nc1ncc([N+](=O)[O-])s1)C1CC1. The van der Waals surface area contributed by atoms with Gasteiger partial charge in [-0.05, 0) is 30.1 Å². The first kappa shape index (κ1) is 11.8. The molecule has 2 N–H and O–H groups in total. The van der Waals surface area contributed by atoms with Gasteiger partial charge in [-0.25, -0.2) is 4.98 Å². The number of carboxylic acids is 1. The smallest absolute Gasteiger partial charge is 0.345 e. The van der Waals surface area contributed by atoms with Gasteiger partial charge in [0.2, 0.25) is 0 Å². The zero-order chi connectivity index (χ0) is 12.4. The number of rotatable bonds is 6. The number of nitrogens with one attached hydrogen (secondary N) is 1. The maximum Gasteiger partial charge on any atom is 0.345 e. The molecular formula is C9H11N3O4S. The third kappa shape index (κ3) is 3.13. The lowest BCUT2D eigenvalue weighted by atomic mass is 10.1. The van der Waals surface area contributed by atoms with Crippen molar-refractivity contribution in [2.45, 2.75) is 25.3 Å². The van der Waals surface area contributed by atoms with Crippen LogP contribution in [0.5, 0.6) is 0 Å². The zero-order valence-corrected chi connectivity index (χ0v) is 9.64. The highest BCUT2D eigenvalue weighted by molar-refractivity contribution is 7.18. The average Bonchev–Trinajstić information content (AvgIpc) is 2.97. The van der Waals surface area contributed by atoms with Crippen LogP contribution >= 0.6 is 11.3 Å². The quantitative estimate of drug-likeness (QED) is 0.593. The summed E-state index contributed by atoms with van der Waals surface area (Å²) in [5.41, 5.74) is 0. The highest BCUT2D eigenvalue weighted by Crippen LogP contribution is 2.36. The largest absolute Gasteiger partial charge is 0.481 e. The Balaban J connectivity index is 2.01. The van der Waals surface area contributed by atoms with Crippen LogP contribution in [0.3, 0.4) is 0 Å². The van der Waals surface area contributed by atoms with Crippen LogP contribution < -0.4 is 5.32 Å². The maximum absolute atomic E-state index is 10.7. The van der Waals surface area contributed by atoms with Gasteiger partial charge in [-0.1, -0.05) is 0 Å². The van der Waals surface area contributed by atoms with E-state index in [1.165, 1.54) is 6.20 Å². The number of carbonyl (C=O) groups is 1. The Bertz CT molecular complexity index is 443. The second-order valence-corrected chi connectivity index (χ2v) is 4.96. The maximum atomic E-state index is 10.7. The van der Waals surface area contributed by atoms with E-state index in [9.17, 15) is 14.9 Å². The number of hydrogen-bond donors (Lipinski definition) is 2. The summed E-state index contributed by atoms with van der Waals surface area (Å²) < 4.78 is 0. The van der Waals surface area contributed by atoms with E-state index in [4.69, 9.17) is 5.11 Å². The summed E-state index contributed by atoms with van der Waals surface area (Å²) in [6, 6.07) is -0.182. The molecule has 2 rings (SSSR count). The lowest BCUT2D eigenvalue weighted by molar-refractivity contribution is -0.380. The summed E-state index contributed by atoms with van der Waals surface area (Å²) >= 11 is 0.927. The molecule has 0 radical (unpaired) electrons. The van der Waals surface area contributed by atoms with E-state index in [1.807, 2.05) is 0 Å². The van der Waals surface area contributed by atoms with Crippen molar-refractivity contribution >= 4 is 27.4 Å². The minimum Gasteiger partial charge on any atom is -0.481 e. The van der Waals surface area contributed by atoms with Gasteiger partial charge in [0, 0.05) is 6.04 Å². The van der Waals surface area contributed by atoms with Gasteiger partial charge in [-0.15, -0.1) is 0 Å². The van der Waals surface area contributed by atoms with Crippen LogP contribution in [0.25, 0.3) is 0 Å². The number of carboxylic acid groups (broad SMARTS) is 1. The highest BCUT2D eigenvalue weighted by Gasteiger charge is 2.33. The molecule has 17 heavy (non-hydrogen) atoms. The highest BCUT2D eigenvalue weighted by atomic mass is 32.1. The van der Waals surface area contributed by atoms with Crippen molar-refractivity contribution in [1.29, 1.82) is 0 Å². The molecule has 0 aromatic carbocycles. The van der Waals surface area contributed by atoms with E-state index >= 15 is 0 Å². The van der Waals surface area contributed by atoms with Crippen LogP contribution in [-0.4, -0.2) is 27.0 Å². The van der Waals surface area contributed by atoms with Crippen LogP contribution in [0.4, 0.5) is 10.1 Å². The normalized spacial score (nSPS) is 16.5. The van der Waals surface area contributed by atoms with E-state index in [0.717, 1.165) is 24.2 Å². The van der Waals surface area contributed by atoms with Gasteiger partial charge in [-0.3, -0.25) is 14.9 Å². The number of anilines is 1. The fourth-order valence-electron chi connectivity index (χ4n) is 1.60. The minimum absolute atomic E-state index is 0.0119. The van der Waals surface area contributed by atoms with E-state index in [-0.39, 0.29) is 17.5 Å². The molecule has 0 saturated heterocycles. The minimum atomic E-state index is -0.875. The van der Waals surface area contributed by atoms with E-state index in [1.54, 1.807) is 0 Å². The van der Waals surface area contributed by atoms with Gasteiger partial charge in [0.1, 0.15) is 6.20 Å². The van der Waals surface area contributed by atoms with Crippen molar-refractivity contribution in [3.8, 4) is 0 Å². The number of nitrogens with zero attached hydrogens (tertiary/aromatic N) is 2. The van der Waals surface area contributed by atoms with Crippen molar-refractivity contribution in [3.63, 3.8) is 0 Å². The third-order valence-electron chi connectivity index (χ3n) is 2.57. The van der Waals surface area contributed by atoms with Gasteiger partial charge < -0.3 is 10.4 Å². The van der Waals surface area contributed by atoms with E-state index < -0.39 is 10.9 Å². The molecule has 1 unspecified atom stereocenters. The summed E-state index contributed by atoms with van der Waals surface area (Å²) in [5, 5.41) is 22.6. The summed E-state index contributed by atoms with van der Waals surface area (Å²) in [5.74, 6) is -0.533. The summed E-state index contributed by atoms with van der Waals surface area (Å²) in [6.07, 6.45) is 3.19. The number of nitro groups is 1. The molecule has 1 saturated carbocycles. The fourth-order valence-corrected chi connectivity index (χ4v) is 2.29. The van der Waals surface area contributed by atoms with Crippen LogP contribution in [0.1, 0.15) is 19.3 Å². The van der Waals surface area contributed by atoms with Crippen molar-refractivity contribution in [2.24, 2.45) is 5.92 Å². The van der Waals surface area contributed by atoms with Crippen molar-refractivity contribution in [3.05, 3.63) is 16.3 Å². The molecule has 0 bridgehead atoms. The number of aliphatic carboxylic acids is 1. The molecular weight excluding hydrogens is 246 g/mol. The number of aromatic nitrogens is 1. The Kier molecular flexibility index (Phi) is 3.23. The van der Waals surface area contributed by atoms with E-state index in [2.05, 4.69) is 10.3 Å². The average molecular weight is 257 g/mol. The van der Waals surface area contributed by atoms with Gasteiger partial charge in [0.25, 0.3) is 0 Å². The molecule has 0 spiro atoms. The second kappa shape index (κ2) is 4.66. The van der Waals surface area contributed by atoms with Gasteiger partial charge in [0.15, 0.2) is 5.13 Å². The van der Waals surface area contributed by atoms with Gasteiger partial charge in [0.05, 0.1) is 11.3 Å². The molecule has 7 nitrogen and oxygen atoms in total. The molecule has 1 atom stereocenters. The van der Waals surface area contributed by atoms with Crippen LogP contribution in [0.2, 0.25) is 0 Å².